The summed E-state index contributed by atoms with van der Waals surface area (Å²) in [6.07, 6.45) is 4.59. The van der Waals surface area contributed by atoms with Gasteiger partial charge >= 0.3 is 0 Å². The topological polar surface area (TPSA) is 36.4 Å². The fraction of sp³-hybridized carbons (Fsp3) is 0.588. The first-order valence-electron chi connectivity index (χ1n) is 7.59. The van der Waals surface area contributed by atoms with Crippen molar-refractivity contribution in [3.63, 3.8) is 0 Å². The van der Waals surface area contributed by atoms with E-state index in [1.54, 1.807) is 0 Å². The Bertz CT molecular complexity index is 415. The van der Waals surface area contributed by atoms with Gasteiger partial charge < -0.3 is 10.6 Å². The van der Waals surface area contributed by atoms with Crippen molar-refractivity contribution in [3.8, 4) is 0 Å². The molecule has 0 radical (unpaired) electrons. The quantitative estimate of drug-likeness (QED) is 0.440. The van der Waals surface area contributed by atoms with Gasteiger partial charge in [0.1, 0.15) is 0 Å². The zero-order valence-corrected chi connectivity index (χ0v) is 14.6. The molecule has 0 fully saturated rings. The summed E-state index contributed by atoms with van der Waals surface area (Å²) < 4.78 is 0. The van der Waals surface area contributed by atoms with Crippen LogP contribution >= 0.6 is 11.8 Å². The number of rotatable bonds is 8. The molecule has 0 atom stereocenters. The molecule has 0 unspecified atom stereocenters. The summed E-state index contributed by atoms with van der Waals surface area (Å²) in [5.74, 6) is 2.12. The number of thioether (sulfide) groups is 1. The van der Waals surface area contributed by atoms with Gasteiger partial charge in [-0.05, 0) is 30.4 Å². The minimum absolute atomic E-state index is 0.0811. The van der Waals surface area contributed by atoms with Crippen molar-refractivity contribution in [2.24, 2.45) is 4.99 Å². The molecule has 21 heavy (non-hydrogen) atoms. The molecule has 0 aliphatic carbocycles. The zero-order valence-electron chi connectivity index (χ0n) is 13.8. The predicted octanol–water partition coefficient (Wildman–Crippen LogP) is 3.27. The normalized spacial score (nSPS) is 12.3. The minimum Gasteiger partial charge on any atom is -0.356 e. The standard InChI is InChI=1S/C17H29N3S/c1-17(2,15-10-6-5-7-11-15)14-20-16(18-3)19-12-8-9-13-21-4/h5-7,10-11H,8-9,12-14H2,1-4H3,(H2,18,19,20). The van der Waals surface area contributed by atoms with Gasteiger partial charge in [-0.3, -0.25) is 4.99 Å². The second kappa shape index (κ2) is 9.72. The van der Waals surface area contributed by atoms with Crippen molar-refractivity contribution in [1.29, 1.82) is 0 Å². The number of nitrogens with zero attached hydrogens (tertiary/aromatic N) is 1. The Labute approximate surface area is 134 Å². The molecule has 0 saturated heterocycles. The molecular formula is C17H29N3S. The Hall–Kier alpha value is -1.16. The summed E-state index contributed by atoms with van der Waals surface area (Å²) in [6, 6.07) is 10.6. The first-order valence-corrected chi connectivity index (χ1v) is 8.98. The Morgan fingerprint density at radius 1 is 1.14 bits per heavy atom. The van der Waals surface area contributed by atoms with Crippen LogP contribution in [0.5, 0.6) is 0 Å². The highest BCUT2D eigenvalue weighted by Gasteiger charge is 2.20. The average Bonchev–Trinajstić information content (AvgIpc) is 2.51. The molecule has 2 N–H and O–H groups in total. The van der Waals surface area contributed by atoms with Gasteiger partial charge in [0.25, 0.3) is 0 Å². The average molecular weight is 308 g/mol. The van der Waals surface area contributed by atoms with Gasteiger partial charge in [-0.1, -0.05) is 44.2 Å². The van der Waals surface area contributed by atoms with E-state index in [4.69, 9.17) is 0 Å². The van der Waals surface area contributed by atoms with E-state index in [1.807, 2.05) is 18.8 Å². The van der Waals surface area contributed by atoms with Crippen LogP contribution in [0.25, 0.3) is 0 Å². The van der Waals surface area contributed by atoms with Gasteiger partial charge in [0, 0.05) is 25.6 Å². The fourth-order valence-electron chi connectivity index (χ4n) is 2.09. The second-order valence-corrected chi connectivity index (χ2v) is 6.79. The molecule has 118 valence electrons. The van der Waals surface area contributed by atoms with Gasteiger partial charge in [0.05, 0.1) is 0 Å². The molecule has 0 aliphatic heterocycles. The molecule has 3 nitrogen and oxygen atoms in total. The van der Waals surface area contributed by atoms with Gasteiger partial charge in [-0.25, -0.2) is 0 Å². The van der Waals surface area contributed by atoms with E-state index in [1.165, 1.54) is 24.2 Å². The highest BCUT2D eigenvalue weighted by molar-refractivity contribution is 7.98. The number of benzene rings is 1. The third kappa shape index (κ3) is 6.89. The van der Waals surface area contributed by atoms with Crippen LogP contribution < -0.4 is 10.6 Å². The summed E-state index contributed by atoms with van der Waals surface area (Å²) in [5.41, 5.74) is 1.42. The Morgan fingerprint density at radius 3 is 2.48 bits per heavy atom. The molecule has 0 heterocycles. The highest BCUT2D eigenvalue weighted by atomic mass is 32.2. The lowest BCUT2D eigenvalue weighted by molar-refractivity contribution is 0.508. The molecule has 1 rings (SSSR count). The summed E-state index contributed by atoms with van der Waals surface area (Å²) >= 11 is 1.90. The maximum Gasteiger partial charge on any atom is 0.191 e. The van der Waals surface area contributed by atoms with Crippen molar-refractivity contribution in [2.75, 3.05) is 32.1 Å². The van der Waals surface area contributed by atoms with E-state index in [2.05, 4.69) is 66.1 Å². The number of hydrogen-bond acceptors (Lipinski definition) is 2. The monoisotopic (exact) mass is 307 g/mol. The molecule has 1 aromatic rings. The second-order valence-electron chi connectivity index (χ2n) is 5.80. The Balaban J connectivity index is 2.37. The van der Waals surface area contributed by atoms with Crippen LogP contribution in [0.4, 0.5) is 0 Å². The first-order chi connectivity index (χ1) is 10.1. The molecule has 1 aromatic carbocycles. The summed E-state index contributed by atoms with van der Waals surface area (Å²) in [5, 5.41) is 6.81. The lowest BCUT2D eigenvalue weighted by Crippen LogP contribution is -2.43. The number of nitrogens with one attached hydrogen (secondary N) is 2. The smallest absolute Gasteiger partial charge is 0.191 e. The SMILES string of the molecule is CN=C(NCCCCSC)NCC(C)(C)c1ccccc1. The van der Waals surface area contributed by atoms with Crippen LogP contribution in [0.15, 0.2) is 35.3 Å². The van der Waals surface area contributed by atoms with E-state index in [-0.39, 0.29) is 5.41 Å². The molecule has 0 saturated carbocycles. The van der Waals surface area contributed by atoms with Gasteiger partial charge in [-0.15, -0.1) is 0 Å². The minimum atomic E-state index is 0.0811. The van der Waals surface area contributed by atoms with Crippen LogP contribution in [-0.4, -0.2) is 38.1 Å². The summed E-state index contributed by atoms with van der Waals surface area (Å²) in [4.78, 5) is 4.29. The largest absolute Gasteiger partial charge is 0.356 e. The number of unbranched alkanes of at least 4 members (excludes halogenated alkanes) is 1. The molecule has 0 spiro atoms. The van der Waals surface area contributed by atoms with Crippen molar-refractivity contribution in [1.82, 2.24) is 10.6 Å². The molecule has 4 heteroatoms. The van der Waals surface area contributed by atoms with E-state index >= 15 is 0 Å². The van der Waals surface area contributed by atoms with Crippen molar-refractivity contribution >= 4 is 17.7 Å². The van der Waals surface area contributed by atoms with Gasteiger partial charge in [-0.2, -0.15) is 11.8 Å². The lowest BCUT2D eigenvalue weighted by Gasteiger charge is -2.26. The number of hydrogen-bond donors (Lipinski definition) is 2. The highest BCUT2D eigenvalue weighted by Crippen LogP contribution is 2.21. The van der Waals surface area contributed by atoms with E-state index in [0.29, 0.717) is 0 Å². The van der Waals surface area contributed by atoms with Crippen LogP contribution in [-0.2, 0) is 5.41 Å². The van der Waals surface area contributed by atoms with Crippen molar-refractivity contribution in [3.05, 3.63) is 35.9 Å². The Morgan fingerprint density at radius 2 is 1.86 bits per heavy atom. The molecule has 0 bridgehead atoms. The maximum absolute atomic E-state index is 4.29. The molecule has 0 amide bonds. The van der Waals surface area contributed by atoms with E-state index < -0.39 is 0 Å². The van der Waals surface area contributed by atoms with Crippen molar-refractivity contribution < 1.29 is 0 Å². The van der Waals surface area contributed by atoms with E-state index in [9.17, 15) is 0 Å². The summed E-state index contributed by atoms with van der Waals surface area (Å²) in [6.45, 7) is 6.34. The maximum atomic E-state index is 4.29. The first kappa shape index (κ1) is 17.9. The van der Waals surface area contributed by atoms with Gasteiger partial charge in [0.2, 0.25) is 0 Å². The predicted molar refractivity (Wildman–Crippen MR) is 96.4 cm³/mol. The molecular weight excluding hydrogens is 278 g/mol. The van der Waals surface area contributed by atoms with Crippen LogP contribution in [0.3, 0.4) is 0 Å². The number of guanidine groups is 1. The zero-order chi connectivity index (χ0) is 15.6. The van der Waals surface area contributed by atoms with Crippen molar-refractivity contribution in [2.45, 2.75) is 32.1 Å². The van der Waals surface area contributed by atoms with Crippen LogP contribution in [0, 0.1) is 0 Å². The molecule has 0 aromatic heterocycles. The third-order valence-corrected chi connectivity index (χ3v) is 4.24. The third-order valence-electron chi connectivity index (χ3n) is 3.54. The lowest BCUT2D eigenvalue weighted by atomic mass is 9.85. The van der Waals surface area contributed by atoms with E-state index in [0.717, 1.165) is 19.0 Å². The number of aliphatic imine (C=N–C) groups is 1. The van der Waals surface area contributed by atoms with Crippen LogP contribution in [0.2, 0.25) is 0 Å². The van der Waals surface area contributed by atoms with Crippen LogP contribution in [0.1, 0.15) is 32.3 Å². The Kier molecular flexibility index (Phi) is 8.28. The summed E-state index contributed by atoms with van der Waals surface area (Å²) in [7, 11) is 1.83. The van der Waals surface area contributed by atoms with Gasteiger partial charge in [0.15, 0.2) is 5.96 Å². The fourth-order valence-corrected chi connectivity index (χ4v) is 2.59. The molecule has 0 aliphatic rings.